The van der Waals surface area contributed by atoms with Gasteiger partial charge in [0.2, 0.25) is 5.91 Å². The number of esters is 3. The monoisotopic (exact) mass is 1010 g/mol. The van der Waals surface area contributed by atoms with Crippen LogP contribution in [0.4, 0.5) is 0 Å². The normalized spacial score (nSPS) is 37.1. The number of ether oxygens (including phenoxy) is 5. The van der Waals surface area contributed by atoms with E-state index in [1.54, 1.807) is 13.2 Å². The van der Waals surface area contributed by atoms with Gasteiger partial charge in [-0.1, -0.05) is 71.3 Å². The molecule has 7 aliphatic carbocycles. The summed E-state index contributed by atoms with van der Waals surface area (Å²) in [6, 6.07) is 3.12. The lowest BCUT2D eigenvalue weighted by Gasteiger charge is -2.70. The van der Waals surface area contributed by atoms with Crippen LogP contribution in [-0.2, 0) is 59.6 Å². The Labute approximate surface area is 432 Å². The number of oxime groups is 1. The molecule has 1 amide bonds. The quantitative estimate of drug-likeness (QED) is 0.0555. The van der Waals surface area contributed by atoms with Crippen LogP contribution in [0.15, 0.2) is 40.3 Å². The highest BCUT2D eigenvalue weighted by Gasteiger charge is 2.69. The van der Waals surface area contributed by atoms with E-state index in [0.29, 0.717) is 61.1 Å². The minimum absolute atomic E-state index is 0.00599. The summed E-state index contributed by atoms with van der Waals surface area (Å²) in [4.78, 5) is 73.9. The molecule has 5 fully saturated rings. The van der Waals surface area contributed by atoms with Crippen molar-refractivity contribution < 1.29 is 57.6 Å². The fourth-order valence-electron chi connectivity index (χ4n) is 17.5. The number of likely N-dealkylation sites (tertiary alicyclic amines) is 1. The maximum atomic E-state index is 14.3. The van der Waals surface area contributed by atoms with E-state index in [4.69, 9.17) is 28.5 Å². The van der Waals surface area contributed by atoms with Crippen LogP contribution in [-0.4, -0.2) is 91.6 Å². The number of allylic oxidation sites excluding steroid dienone is 2. The van der Waals surface area contributed by atoms with Crippen molar-refractivity contribution in [2.75, 3.05) is 27.9 Å². The number of aromatic hydroxyl groups is 1. The number of carbonyl (C=O) groups is 5. The summed E-state index contributed by atoms with van der Waals surface area (Å²) in [5.74, 6) is -0.0349. The Hall–Kier alpha value is -4.88. The molecule has 0 radical (unpaired) electrons. The Balaban J connectivity index is 0.861. The number of phenolic OH excluding ortho intramolecular Hbond substituents is 1. The fourth-order valence-corrected chi connectivity index (χ4v) is 17.5. The number of rotatable bonds is 11. The molecular formula is C59H82N2O12. The van der Waals surface area contributed by atoms with Crippen molar-refractivity contribution in [2.45, 2.75) is 195 Å². The van der Waals surface area contributed by atoms with Gasteiger partial charge in [-0.25, -0.2) is 4.79 Å². The highest BCUT2D eigenvalue weighted by atomic mass is 16.7. The molecule has 0 aromatic heterocycles. The minimum atomic E-state index is -1.05. The van der Waals surface area contributed by atoms with Crippen molar-refractivity contribution >= 4 is 35.5 Å². The summed E-state index contributed by atoms with van der Waals surface area (Å²) >= 11 is 0. The molecule has 14 nitrogen and oxygen atoms in total. The Morgan fingerprint density at radius 2 is 1.52 bits per heavy atom. The molecular weight excluding hydrogens is 929 g/mol. The Morgan fingerprint density at radius 3 is 2.21 bits per heavy atom. The lowest BCUT2D eigenvalue weighted by atomic mass is 9.33. The first-order chi connectivity index (χ1) is 34.4. The molecule has 73 heavy (non-hydrogen) atoms. The van der Waals surface area contributed by atoms with Gasteiger partial charge in [0.15, 0.2) is 17.6 Å². The van der Waals surface area contributed by atoms with Crippen molar-refractivity contribution in [3.8, 4) is 11.5 Å². The number of fused-ring (bicyclic) bond motifs is 8. The highest BCUT2D eigenvalue weighted by molar-refractivity contribution is 5.91. The summed E-state index contributed by atoms with van der Waals surface area (Å²) in [6.45, 7) is 19.9. The van der Waals surface area contributed by atoms with E-state index in [9.17, 15) is 29.1 Å². The molecule has 1 N–H and O–H groups in total. The van der Waals surface area contributed by atoms with Gasteiger partial charge in [0.05, 0.1) is 38.5 Å². The molecule has 1 aromatic rings. The first kappa shape index (κ1) is 53.0. The van der Waals surface area contributed by atoms with Gasteiger partial charge in [0.1, 0.15) is 11.9 Å². The van der Waals surface area contributed by atoms with Crippen LogP contribution in [0.25, 0.3) is 0 Å². The van der Waals surface area contributed by atoms with Crippen molar-refractivity contribution in [1.82, 2.24) is 4.90 Å². The summed E-state index contributed by atoms with van der Waals surface area (Å²) in [5, 5.41) is 16.3. The molecule has 2 unspecified atom stereocenters. The van der Waals surface area contributed by atoms with E-state index >= 15 is 0 Å². The van der Waals surface area contributed by atoms with Gasteiger partial charge in [0.25, 0.3) is 0 Å². The number of amides is 1. The molecule has 11 atom stereocenters. The summed E-state index contributed by atoms with van der Waals surface area (Å²) in [5.41, 5.74) is 3.34. The molecule has 14 heteroatoms. The number of carbonyl (C=O) groups excluding carboxylic acids is 5. The van der Waals surface area contributed by atoms with Crippen molar-refractivity contribution in [3.05, 3.63) is 46.2 Å². The number of phenols is 1. The number of hydrogen-bond donors (Lipinski definition) is 1. The van der Waals surface area contributed by atoms with E-state index in [-0.39, 0.29) is 69.9 Å². The molecule has 1 aromatic carbocycles. The Morgan fingerprint density at radius 1 is 0.808 bits per heavy atom. The Kier molecular flexibility index (Phi) is 13.6. The summed E-state index contributed by atoms with van der Waals surface area (Å²) in [7, 11) is 4.53. The van der Waals surface area contributed by atoms with Gasteiger partial charge in [-0.05, 0) is 141 Å². The highest BCUT2D eigenvalue weighted by Crippen LogP contribution is 2.76. The molecule has 8 aliphatic rings. The maximum absolute atomic E-state index is 14.3. The molecule has 4 saturated carbocycles. The third kappa shape index (κ3) is 8.22. The molecule has 1 aliphatic heterocycles. The second-order valence-electron chi connectivity index (χ2n) is 25.4. The van der Waals surface area contributed by atoms with Crippen molar-refractivity contribution in [2.24, 2.45) is 55.4 Å². The molecule has 1 saturated heterocycles. The number of nitrogens with zero attached hydrogens (tertiary/aromatic N) is 2. The van der Waals surface area contributed by atoms with Gasteiger partial charge in [-0.2, -0.15) is 0 Å². The molecule has 1 heterocycles. The van der Waals surface area contributed by atoms with E-state index in [0.717, 1.165) is 81.1 Å². The third-order valence-corrected chi connectivity index (χ3v) is 21.2. The summed E-state index contributed by atoms with van der Waals surface area (Å²) in [6.07, 6.45) is 12.5. The van der Waals surface area contributed by atoms with Gasteiger partial charge in [-0.15, -0.1) is 0 Å². The van der Waals surface area contributed by atoms with E-state index in [1.807, 2.05) is 11.0 Å². The summed E-state index contributed by atoms with van der Waals surface area (Å²) < 4.78 is 28.8. The van der Waals surface area contributed by atoms with Crippen LogP contribution >= 0.6 is 0 Å². The second-order valence-corrected chi connectivity index (χ2v) is 25.4. The average Bonchev–Trinajstić information content (AvgIpc) is 3.32. The fraction of sp³-hybridized carbons (Fsp3) is 0.729. The van der Waals surface area contributed by atoms with Crippen molar-refractivity contribution in [1.29, 1.82) is 0 Å². The standard InChI is InChI=1S/C59H82N2O12/c1-34(62)71-41-33-59-29-30-61(39(48(59)51(69-11)50(41)72-35(2)63)31-36-17-19-40(68-10)49(66)47(36)59)45(64)15-13-14-16-46(65)73-60-44-22-23-55(7)42(54(44,5)6)21-24-57(9)43(55)20-18-37-38-32-53(3,4)25-27-58(38,52(67)70-12)28-26-56(37,57)8/h17-19,38-39,41-43,50,66H,13-16,20-33H2,1-12H3/b60-44+/t38-,39+,41?,42-,43+,50?,55-,56+,57+,58-,59-/m0/s1. The second kappa shape index (κ2) is 18.7. The van der Waals surface area contributed by atoms with Crippen LogP contribution in [0.3, 0.4) is 0 Å². The molecule has 9 rings (SSSR count). The van der Waals surface area contributed by atoms with Gasteiger partial charge in [0, 0.05) is 61.6 Å². The predicted octanol–water partition coefficient (Wildman–Crippen LogP) is 10.4. The van der Waals surface area contributed by atoms with Gasteiger partial charge < -0.3 is 38.5 Å². The van der Waals surface area contributed by atoms with E-state index < -0.39 is 47.0 Å². The van der Waals surface area contributed by atoms with Crippen molar-refractivity contribution in [3.63, 3.8) is 0 Å². The lowest BCUT2D eigenvalue weighted by molar-refractivity contribution is -0.181. The molecule has 2 bridgehead atoms. The van der Waals surface area contributed by atoms with E-state index in [2.05, 4.69) is 59.7 Å². The largest absolute Gasteiger partial charge is 0.504 e. The molecule has 400 valence electrons. The SMILES string of the molecule is COC(=O)[C@]12CCC(C)(C)C[C@H]1C1=CC[C@@H]3[C@@]4(C)CC/C(=N\OC(=O)CCCCC(=O)N5CC[C@@]67CC(OC(C)=O)C(OC(C)=O)C(OC)=C6[C@H]5Cc5ccc(OC)c(O)c57)C(C)(C)[C@@H]4CC[C@@]3(C)[C@]1(C)CC2. The van der Waals surface area contributed by atoms with Crippen LogP contribution in [0, 0.1) is 50.2 Å². The number of piperidine rings is 1. The number of unbranched alkanes of at least 4 members (excludes halogenated alkanes) is 1. The van der Waals surface area contributed by atoms with Gasteiger partial charge >= 0.3 is 23.9 Å². The van der Waals surface area contributed by atoms with Crippen LogP contribution < -0.4 is 4.74 Å². The maximum Gasteiger partial charge on any atom is 0.335 e. The third-order valence-electron chi connectivity index (χ3n) is 21.2. The lowest BCUT2D eigenvalue weighted by Crippen LogP contribution is -2.64. The molecule has 0 spiro atoms. The zero-order valence-corrected chi connectivity index (χ0v) is 45.8. The number of methoxy groups -OCH3 is 3. The predicted molar refractivity (Wildman–Crippen MR) is 273 cm³/mol. The average molecular weight is 1010 g/mol. The Bertz CT molecular complexity index is 2540. The zero-order chi connectivity index (χ0) is 52.8. The number of hydrogen-bond acceptors (Lipinski definition) is 13. The zero-order valence-electron chi connectivity index (χ0n) is 45.8. The minimum Gasteiger partial charge on any atom is -0.504 e. The first-order valence-electron chi connectivity index (χ1n) is 27.3. The smallest absolute Gasteiger partial charge is 0.335 e. The van der Waals surface area contributed by atoms with Crippen LogP contribution in [0.1, 0.15) is 176 Å². The van der Waals surface area contributed by atoms with E-state index in [1.165, 1.54) is 33.6 Å². The van der Waals surface area contributed by atoms with Crippen LogP contribution in [0.2, 0.25) is 0 Å². The van der Waals surface area contributed by atoms with Gasteiger partial charge in [-0.3, -0.25) is 19.2 Å². The number of benzene rings is 1. The first-order valence-corrected chi connectivity index (χ1v) is 27.3. The van der Waals surface area contributed by atoms with Crippen LogP contribution in [0.5, 0.6) is 11.5 Å². The topological polar surface area (TPSA) is 177 Å².